The summed E-state index contributed by atoms with van der Waals surface area (Å²) in [5.41, 5.74) is 1.93. The number of phenols is 1. The lowest BCUT2D eigenvalue weighted by Crippen LogP contribution is -2.37. The van der Waals surface area contributed by atoms with Crippen LogP contribution in [0.2, 0.25) is 0 Å². The van der Waals surface area contributed by atoms with Gasteiger partial charge in [-0.2, -0.15) is 0 Å². The molecule has 0 heterocycles. The molecule has 0 spiro atoms. The Kier molecular flexibility index (Phi) is 4.65. The maximum atomic E-state index is 11.1. The molecule has 4 nitrogen and oxygen atoms in total. The van der Waals surface area contributed by atoms with Crippen molar-refractivity contribution >= 4 is 5.97 Å². The van der Waals surface area contributed by atoms with Crippen molar-refractivity contribution in [3.05, 3.63) is 28.8 Å². The van der Waals surface area contributed by atoms with Crippen LogP contribution in [-0.4, -0.2) is 40.2 Å². The van der Waals surface area contributed by atoms with Gasteiger partial charge in [0.05, 0.1) is 0 Å². The van der Waals surface area contributed by atoms with Crippen molar-refractivity contribution in [2.24, 2.45) is 0 Å². The van der Waals surface area contributed by atoms with Gasteiger partial charge in [0.15, 0.2) is 0 Å². The van der Waals surface area contributed by atoms with Gasteiger partial charge in [-0.05, 0) is 56.0 Å². The Balaban J connectivity index is 2.22. The molecule has 20 heavy (non-hydrogen) atoms. The fraction of sp³-hybridized carbons (Fsp3) is 0.562. The number of fused-ring (bicyclic) bond motifs is 1. The van der Waals surface area contributed by atoms with Gasteiger partial charge in [0, 0.05) is 6.04 Å². The highest BCUT2D eigenvalue weighted by atomic mass is 16.4. The predicted octanol–water partition coefficient (Wildman–Crippen LogP) is 2.68. The van der Waals surface area contributed by atoms with Crippen LogP contribution >= 0.6 is 0 Å². The lowest BCUT2D eigenvalue weighted by molar-refractivity contribution is 0.0693. The molecule has 0 radical (unpaired) electrons. The topological polar surface area (TPSA) is 60.8 Å². The number of carbonyl (C=O) groups is 1. The van der Waals surface area contributed by atoms with Crippen LogP contribution in [0.25, 0.3) is 0 Å². The van der Waals surface area contributed by atoms with Crippen molar-refractivity contribution < 1.29 is 15.0 Å². The third-order valence-electron chi connectivity index (χ3n) is 4.04. The number of hydrogen-bond acceptors (Lipinski definition) is 3. The van der Waals surface area contributed by atoms with Crippen LogP contribution in [0.3, 0.4) is 0 Å². The second-order valence-corrected chi connectivity index (χ2v) is 5.50. The summed E-state index contributed by atoms with van der Waals surface area (Å²) in [6.07, 6.45) is 3.88. The first-order valence-electron chi connectivity index (χ1n) is 7.39. The number of hydrogen-bond donors (Lipinski definition) is 2. The van der Waals surface area contributed by atoms with Crippen molar-refractivity contribution in [3.63, 3.8) is 0 Å². The van der Waals surface area contributed by atoms with E-state index < -0.39 is 5.97 Å². The van der Waals surface area contributed by atoms with Gasteiger partial charge in [0.2, 0.25) is 0 Å². The maximum Gasteiger partial charge on any atom is 0.339 e. The molecular weight excluding hydrogens is 254 g/mol. The van der Waals surface area contributed by atoms with Gasteiger partial charge in [0.1, 0.15) is 11.3 Å². The number of aromatic carboxylic acids is 1. The maximum absolute atomic E-state index is 11.1. The monoisotopic (exact) mass is 277 g/mol. The van der Waals surface area contributed by atoms with Crippen LogP contribution in [0.4, 0.5) is 0 Å². The van der Waals surface area contributed by atoms with E-state index in [-0.39, 0.29) is 11.3 Å². The molecule has 2 N–H and O–H groups in total. The molecule has 110 valence electrons. The van der Waals surface area contributed by atoms with Crippen molar-refractivity contribution in [2.45, 2.75) is 45.6 Å². The smallest absolute Gasteiger partial charge is 0.339 e. The van der Waals surface area contributed by atoms with Gasteiger partial charge in [0.25, 0.3) is 0 Å². The minimum Gasteiger partial charge on any atom is -0.507 e. The summed E-state index contributed by atoms with van der Waals surface area (Å²) in [4.78, 5) is 13.5. The van der Waals surface area contributed by atoms with E-state index in [9.17, 15) is 9.90 Å². The molecule has 1 aromatic carbocycles. The zero-order valence-electron chi connectivity index (χ0n) is 12.2. The molecule has 1 aromatic rings. The normalized spacial score (nSPS) is 17.4. The standard InChI is InChI=1S/C16H23NO3/c1-3-7-17(8-4-2)12-9-11-5-6-13(16(19)20)15(18)14(11)10-12/h5-6,12,18H,3-4,7-10H2,1-2H3,(H,19,20). The Morgan fingerprint density at radius 2 is 1.90 bits per heavy atom. The summed E-state index contributed by atoms with van der Waals surface area (Å²) in [6.45, 7) is 6.45. The van der Waals surface area contributed by atoms with E-state index in [2.05, 4.69) is 18.7 Å². The molecule has 2 rings (SSSR count). The molecule has 0 fully saturated rings. The Hall–Kier alpha value is -1.55. The quantitative estimate of drug-likeness (QED) is 0.839. The van der Waals surface area contributed by atoms with E-state index in [1.807, 2.05) is 6.07 Å². The van der Waals surface area contributed by atoms with Gasteiger partial charge < -0.3 is 10.2 Å². The number of carboxylic acids is 1. The molecule has 1 unspecified atom stereocenters. The van der Waals surface area contributed by atoms with Crippen molar-refractivity contribution in [1.29, 1.82) is 0 Å². The molecular formula is C16H23NO3. The number of nitrogens with zero attached hydrogens (tertiary/aromatic N) is 1. The highest BCUT2D eigenvalue weighted by Gasteiger charge is 2.29. The number of benzene rings is 1. The molecule has 1 atom stereocenters. The molecule has 0 saturated carbocycles. The SMILES string of the molecule is CCCN(CCC)C1Cc2ccc(C(=O)O)c(O)c2C1. The first kappa shape index (κ1) is 14.9. The summed E-state index contributed by atoms with van der Waals surface area (Å²) < 4.78 is 0. The molecule has 0 amide bonds. The van der Waals surface area contributed by atoms with Crippen molar-refractivity contribution in [3.8, 4) is 5.75 Å². The van der Waals surface area contributed by atoms with Crippen molar-refractivity contribution in [2.75, 3.05) is 13.1 Å². The number of carboxylic acid groups (broad SMARTS) is 1. The van der Waals surface area contributed by atoms with Gasteiger partial charge in [-0.15, -0.1) is 0 Å². The molecule has 0 aromatic heterocycles. The van der Waals surface area contributed by atoms with Gasteiger partial charge in [-0.3, -0.25) is 4.90 Å². The van der Waals surface area contributed by atoms with E-state index >= 15 is 0 Å². The Bertz CT molecular complexity index is 493. The third kappa shape index (κ3) is 2.80. The highest BCUT2D eigenvalue weighted by Crippen LogP contribution is 2.34. The average molecular weight is 277 g/mol. The summed E-state index contributed by atoms with van der Waals surface area (Å²) in [5, 5.41) is 19.2. The fourth-order valence-electron chi connectivity index (χ4n) is 3.14. The van der Waals surface area contributed by atoms with Crippen LogP contribution < -0.4 is 0 Å². The Labute approximate surface area is 120 Å². The van der Waals surface area contributed by atoms with E-state index in [4.69, 9.17) is 5.11 Å². The van der Waals surface area contributed by atoms with Crippen LogP contribution in [-0.2, 0) is 12.8 Å². The summed E-state index contributed by atoms with van der Waals surface area (Å²) in [7, 11) is 0. The molecule has 1 aliphatic carbocycles. The average Bonchev–Trinajstić information content (AvgIpc) is 2.83. The molecule has 1 aliphatic rings. The Morgan fingerprint density at radius 3 is 2.45 bits per heavy atom. The lowest BCUT2D eigenvalue weighted by atomic mass is 10.0. The van der Waals surface area contributed by atoms with Crippen LogP contribution in [0, 0.1) is 0 Å². The zero-order valence-corrected chi connectivity index (χ0v) is 12.2. The highest BCUT2D eigenvalue weighted by molar-refractivity contribution is 5.91. The van der Waals surface area contributed by atoms with Gasteiger partial charge in [-0.1, -0.05) is 19.9 Å². The van der Waals surface area contributed by atoms with E-state index in [0.29, 0.717) is 6.04 Å². The minimum atomic E-state index is -1.06. The van der Waals surface area contributed by atoms with E-state index in [1.54, 1.807) is 0 Å². The number of rotatable bonds is 6. The first-order chi connectivity index (χ1) is 9.58. The summed E-state index contributed by atoms with van der Waals surface area (Å²) in [6, 6.07) is 3.76. The minimum absolute atomic E-state index is 0.0157. The van der Waals surface area contributed by atoms with Crippen molar-refractivity contribution in [1.82, 2.24) is 4.90 Å². The van der Waals surface area contributed by atoms with E-state index in [1.165, 1.54) is 6.07 Å². The second kappa shape index (κ2) is 6.27. The molecule has 0 bridgehead atoms. The third-order valence-corrected chi connectivity index (χ3v) is 4.04. The van der Waals surface area contributed by atoms with E-state index in [0.717, 1.165) is 49.9 Å². The van der Waals surface area contributed by atoms with Gasteiger partial charge in [-0.25, -0.2) is 4.79 Å². The predicted molar refractivity (Wildman–Crippen MR) is 78.4 cm³/mol. The van der Waals surface area contributed by atoms with Crippen LogP contribution in [0.5, 0.6) is 5.75 Å². The van der Waals surface area contributed by atoms with Crippen LogP contribution in [0.1, 0.15) is 48.2 Å². The second-order valence-electron chi connectivity index (χ2n) is 5.50. The number of aromatic hydroxyl groups is 1. The summed E-state index contributed by atoms with van der Waals surface area (Å²) in [5.74, 6) is -1.10. The summed E-state index contributed by atoms with van der Waals surface area (Å²) >= 11 is 0. The largest absolute Gasteiger partial charge is 0.507 e. The molecule has 4 heteroatoms. The first-order valence-corrected chi connectivity index (χ1v) is 7.39. The zero-order chi connectivity index (χ0) is 14.7. The lowest BCUT2D eigenvalue weighted by Gasteiger charge is -2.27. The van der Waals surface area contributed by atoms with Gasteiger partial charge >= 0.3 is 5.97 Å². The van der Waals surface area contributed by atoms with Crippen LogP contribution in [0.15, 0.2) is 12.1 Å². The Morgan fingerprint density at radius 1 is 1.25 bits per heavy atom. The molecule has 0 aliphatic heterocycles. The fourth-order valence-corrected chi connectivity index (χ4v) is 3.14. The molecule has 0 saturated heterocycles.